The van der Waals surface area contributed by atoms with Crippen LogP contribution in [0.5, 0.6) is 0 Å². The van der Waals surface area contributed by atoms with Crippen molar-refractivity contribution in [3.8, 4) is 11.6 Å². The Balaban J connectivity index is 1.86. The van der Waals surface area contributed by atoms with Crippen molar-refractivity contribution in [2.24, 2.45) is 0 Å². The standard InChI is InChI=1S/C16H13FN6/c1-10-19-15(22-21-10)16-20-13(14-9-18-6-7-23(14)16)8-11-4-2-3-5-12(11)17/h2-7,9H,8H2,1H3,(H,19,21,22). The molecule has 0 spiro atoms. The van der Waals surface area contributed by atoms with Gasteiger partial charge in [0.25, 0.3) is 0 Å². The Labute approximate surface area is 131 Å². The summed E-state index contributed by atoms with van der Waals surface area (Å²) in [5.41, 5.74) is 2.16. The number of hydrogen-bond acceptors (Lipinski definition) is 4. The molecule has 23 heavy (non-hydrogen) atoms. The van der Waals surface area contributed by atoms with Crippen molar-refractivity contribution >= 4 is 5.52 Å². The van der Waals surface area contributed by atoms with Crippen molar-refractivity contribution in [2.75, 3.05) is 0 Å². The zero-order valence-electron chi connectivity index (χ0n) is 12.4. The molecule has 4 rings (SSSR count). The molecule has 3 heterocycles. The van der Waals surface area contributed by atoms with Crippen molar-refractivity contribution < 1.29 is 4.39 Å². The van der Waals surface area contributed by atoms with Crippen molar-refractivity contribution in [3.05, 3.63) is 65.8 Å². The summed E-state index contributed by atoms with van der Waals surface area (Å²) in [7, 11) is 0. The van der Waals surface area contributed by atoms with Crippen LogP contribution in [0.25, 0.3) is 17.2 Å². The number of nitrogens with zero attached hydrogens (tertiary/aromatic N) is 5. The smallest absolute Gasteiger partial charge is 0.192 e. The molecule has 6 nitrogen and oxygen atoms in total. The monoisotopic (exact) mass is 308 g/mol. The Morgan fingerprint density at radius 3 is 2.87 bits per heavy atom. The van der Waals surface area contributed by atoms with E-state index >= 15 is 0 Å². The summed E-state index contributed by atoms with van der Waals surface area (Å²) in [6.07, 6.45) is 5.58. The number of nitrogens with one attached hydrogen (secondary N) is 1. The van der Waals surface area contributed by atoms with Crippen LogP contribution in [0.3, 0.4) is 0 Å². The van der Waals surface area contributed by atoms with E-state index in [1.165, 1.54) is 6.07 Å². The van der Waals surface area contributed by atoms with Gasteiger partial charge in [0.2, 0.25) is 0 Å². The summed E-state index contributed by atoms with van der Waals surface area (Å²) >= 11 is 0. The molecule has 0 aliphatic rings. The molecule has 114 valence electrons. The molecular weight excluding hydrogens is 295 g/mol. The van der Waals surface area contributed by atoms with Crippen LogP contribution < -0.4 is 0 Å². The van der Waals surface area contributed by atoms with Gasteiger partial charge in [0, 0.05) is 18.8 Å². The zero-order chi connectivity index (χ0) is 15.8. The Bertz CT molecular complexity index is 987. The van der Waals surface area contributed by atoms with Crippen LogP contribution >= 0.6 is 0 Å². The third-order valence-electron chi connectivity index (χ3n) is 3.65. The molecule has 0 radical (unpaired) electrons. The lowest BCUT2D eigenvalue weighted by Gasteiger charge is -2.00. The van der Waals surface area contributed by atoms with E-state index in [2.05, 4.69) is 25.1 Å². The summed E-state index contributed by atoms with van der Waals surface area (Å²) in [5.74, 6) is 1.61. The highest BCUT2D eigenvalue weighted by Gasteiger charge is 2.16. The lowest BCUT2D eigenvalue weighted by Crippen LogP contribution is -1.93. The van der Waals surface area contributed by atoms with E-state index in [4.69, 9.17) is 0 Å². The Kier molecular flexibility index (Phi) is 3.11. The zero-order valence-corrected chi connectivity index (χ0v) is 12.4. The lowest BCUT2D eigenvalue weighted by molar-refractivity contribution is 0.613. The van der Waals surface area contributed by atoms with Crippen LogP contribution in [-0.4, -0.2) is 29.5 Å². The first-order valence-electron chi connectivity index (χ1n) is 7.16. The fraction of sp³-hybridized carbons (Fsp3) is 0.125. The number of benzene rings is 1. The molecule has 1 aromatic carbocycles. The van der Waals surface area contributed by atoms with E-state index in [9.17, 15) is 4.39 Å². The topological polar surface area (TPSA) is 71.8 Å². The van der Waals surface area contributed by atoms with E-state index in [0.29, 0.717) is 29.5 Å². The van der Waals surface area contributed by atoms with E-state index in [1.54, 1.807) is 37.6 Å². The third-order valence-corrected chi connectivity index (χ3v) is 3.65. The Morgan fingerprint density at radius 1 is 1.22 bits per heavy atom. The van der Waals surface area contributed by atoms with Gasteiger partial charge in [-0.2, -0.15) is 5.10 Å². The molecule has 3 aromatic heterocycles. The second-order valence-electron chi connectivity index (χ2n) is 5.21. The van der Waals surface area contributed by atoms with Crippen molar-refractivity contribution in [1.29, 1.82) is 0 Å². The van der Waals surface area contributed by atoms with Crippen molar-refractivity contribution in [1.82, 2.24) is 29.5 Å². The fourth-order valence-corrected chi connectivity index (χ4v) is 2.56. The number of aromatic nitrogens is 6. The summed E-state index contributed by atoms with van der Waals surface area (Å²) in [6.45, 7) is 1.80. The SMILES string of the molecule is Cc1n[nH]c(-c2nc(Cc3ccccc3F)c3cnccn23)n1. The van der Waals surface area contributed by atoms with Gasteiger partial charge in [-0.1, -0.05) is 18.2 Å². The molecule has 0 saturated heterocycles. The number of aryl methyl sites for hydroxylation is 1. The van der Waals surface area contributed by atoms with Crippen LogP contribution in [0.15, 0.2) is 42.9 Å². The van der Waals surface area contributed by atoms with Crippen molar-refractivity contribution in [3.63, 3.8) is 0 Å². The predicted octanol–water partition coefficient (Wildman–Crippen LogP) is 2.55. The molecule has 1 N–H and O–H groups in total. The van der Waals surface area contributed by atoms with Gasteiger partial charge in [-0.15, -0.1) is 0 Å². The highest BCUT2D eigenvalue weighted by atomic mass is 19.1. The number of hydrogen-bond donors (Lipinski definition) is 1. The average Bonchev–Trinajstić information content (AvgIpc) is 3.14. The first kappa shape index (κ1) is 13.6. The molecular formula is C16H13FN6. The van der Waals surface area contributed by atoms with Gasteiger partial charge in [0.1, 0.15) is 11.6 Å². The second kappa shape index (κ2) is 5.28. The summed E-state index contributed by atoms with van der Waals surface area (Å²) in [4.78, 5) is 13.1. The highest BCUT2D eigenvalue weighted by molar-refractivity contribution is 5.61. The van der Waals surface area contributed by atoms with Crippen LogP contribution in [0, 0.1) is 12.7 Å². The minimum atomic E-state index is -0.241. The molecule has 0 fully saturated rings. The number of fused-ring (bicyclic) bond motifs is 1. The number of rotatable bonds is 3. The maximum Gasteiger partial charge on any atom is 0.192 e. The maximum atomic E-state index is 13.9. The molecule has 0 atom stereocenters. The first-order chi connectivity index (χ1) is 11.2. The molecule has 0 unspecified atom stereocenters. The summed E-state index contributed by atoms with van der Waals surface area (Å²) in [5, 5.41) is 6.91. The largest absolute Gasteiger partial charge is 0.294 e. The minimum absolute atomic E-state index is 0.241. The normalized spacial score (nSPS) is 11.2. The molecule has 7 heteroatoms. The second-order valence-corrected chi connectivity index (χ2v) is 5.21. The van der Waals surface area contributed by atoms with E-state index in [0.717, 1.165) is 11.2 Å². The van der Waals surface area contributed by atoms with Gasteiger partial charge in [-0.3, -0.25) is 14.5 Å². The lowest BCUT2D eigenvalue weighted by atomic mass is 10.1. The van der Waals surface area contributed by atoms with Crippen LogP contribution in [0.2, 0.25) is 0 Å². The highest BCUT2D eigenvalue weighted by Crippen LogP contribution is 2.22. The van der Waals surface area contributed by atoms with Gasteiger partial charge < -0.3 is 0 Å². The van der Waals surface area contributed by atoms with E-state index < -0.39 is 0 Å². The third kappa shape index (κ3) is 2.36. The van der Waals surface area contributed by atoms with Gasteiger partial charge >= 0.3 is 0 Å². The fourth-order valence-electron chi connectivity index (χ4n) is 2.56. The van der Waals surface area contributed by atoms with Gasteiger partial charge in [-0.25, -0.2) is 14.4 Å². The summed E-state index contributed by atoms with van der Waals surface area (Å²) < 4.78 is 15.8. The van der Waals surface area contributed by atoms with Crippen LogP contribution in [0.1, 0.15) is 17.1 Å². The maximum absolute atomic E-state index is 13.9. The predicted molar refractivity (Wildman–Crippen MR) is 82.3 cm³/mol. The van der Waals surface area contributed by atoms with Crippen LogP contribution in [0.4, 0.5) is 4.39 Å². The van der Waals surface area contributed by atoms with Crippen molar-refractivity contribution in [2.45, 2.75) is 13.3 Å². The molecule has 0 bridgehead atoms. The molecule has 0 aliphatic heterocycles. The average molecular weight is 308 g/mol. The minimum Gasteiger partial charge on any atom is -0.294 e. The van der Waals surface area contributed by atoms with E-state index in [1.807, 2.05) is 10.5 Å². The first-order valence-corrected chi connectivity index (χ1v) is 7.16. The molecule has 0 aliphatic carbocycles. The Hall–Kier alpha value is -3.09. The quantitative estimate of drug-likeness (QED) is 0.631. The Morgan fingerprint density at radius 2 is 2.09 bits per heavy atom. The molecule has 4 aromatic rings. The number of imidazole rings is 1. The number of H-pyrrole nitrogens is 1. The van der Waals surface area contributed by atoms with Gasteiger partial charge in [-0.05, 0) is 18.6 Å². The van der Waals surface area contributed by atoms with Gasteiger partial charge in [0.05, 0.1) is 17.4 Å². The van der Waals surface area contributed by atoms with Gasteiger partial charge in [0.15, 0.2) is 11.6 Å². The van der Waals surface area contributed by atoms with E-state index in [-0.39, 0.29) is 5.82 Å². The number of aromatic amines is 1. The summed E-state index contributed by atoms with van der Waals surface area (Å²) in [6, 6.07) is 6.70. The molecule has 0 saturated carbocycles. The number of halogens is 1. The molecule has 0 amide bonds. The van der Waals surface area contributed by atoms with Crippen LogP contribution in [-0.2, 0) is 6.42 Å².